The number of hydrogen-bond donors (Lipinski definition) is 2. The number of hydrogen-bond acceptors (Lipinski definition) is 4. The van der Waals surface area contributed by atoms with Crippen LogP contribution in [-0.4, -0.2) is 19.7 Å². The highest BCUT2D eigenvalue weighted by molar-refractivity contribution is 7.85. The lowest BCUT2D eigenvalue weighted by Gasteiger charge is -2.02. The van der Waals surface area contributed by atoms with Crippen molar-refractivity contribution in [3.8, 4) is 5.75 Å². The highest BCUT2D eigenvalue weighted by Crippen LogP contribution is 2.14. The van der Waals surface area contributed by atoms with Crippen molar-refractivity contribution in [1.29, 1.82) is 0 Å². The van der Waals surface area contributed by atoms with Crippen molar-refractivity contribution in [2.75, 3.05) is 6.73 Å². The minimum absolute atomic E-state index is 0.0191. The van der Waals surface area contributed by atoms with Crippen molar-refractivity contribution < 1.29 is 17.7 Å². The first-order chi connectivity index (χ1) is 6.04. The third-order valence-corrected chi connectivity index (χ3v) is 2.24. The summed E-state index contributed by atoms with van der Waals surface area (Å²) in [5.74, 6) is 0.454. The maximum Gasteiger partial charge on any atom is 0.294 e. The van der Waals surface area contributed by atoms with E-state index >= 15 is 0 Å². The summed E-state index contributed by atoms with van der Waals surface area (Å²) in [5.41, 5.74) is 5.09. The van der Waals surface area contributed by atoms with Crippen LogP contribution in [0, 0.1) is 0 Å². The molecule has 0 aliphatic rings. The Kier molecular flexibility index (Phi) is 2.86. The van der Waals surface area contributed by atoms with Gasteiger partial charge < -0.3 is 4.74 Å². The Bertz CT molecular complexity index is 370. The Balaban J connectivity index is 2.94. The number of nitrogens with two attached hydrogens (primary N) is 1. The van der Waals surface area contributed by atoms with E-state index < -0.39 is 10.1 Å². The largest absolute Gasteiger partial charge is 0.479 e. The molecule has 0 aliphatic carbocycles. The topological polar surface area (TPSA) is 89.6 Å². The van der Waals surface area contributed by atoms with Gasteiger partial charge in [-0.3, -0.25) is 10.3 Å². The van der Waals surface area contributed by atoms with Gasteiger partial charge in [0.1, 0.15) is 12.5 Å². The van der Waals surface area contributed by atoms with Gasteiger partial charge in [0, 0.05) is 0 Å². The summed E-state index contributed by atoms with van der Waals surface area (Å²) in [6.45, 7) is 0.0191. The van der Waals surface area contributed by atoms with Gasteiger partial charge in [-0.05, 0) is 24.3 Å². The molecule has 0 aromatic heterocycles. The van der Waals surface area contributed by atoms with Gasteiger partial charge in [0.2, 0.25) is 0 Å². The summed E-state index contributed by atoms with van der Waals surface area (Å²) in [6, 6.07) is 5.30. The molecule has 6 heteroatoms. The van der Waals surface area contributed by atoms with E-state index in [1.54, 1.807) is 0 Å². The average Bonchev–Trinajstić information content (AvgIpc) is 2.04. The number of rotatable bonds is 3. The van der Waals surface area contributed by atoms with E-state index in [1.807, 2.05) is 0 Å². The molecule has 0 radical (unpaired) electrons. The standard InChI is InChI=1S/C7H9NO4S/c8-5-12-6-1-3-7(4-2-6)13(9,10)11/h1-4H,5,8H2,(H,9,10,11). The molecule has 1 rings (SSSR count). The lowest BCUT2D eigenvalue weighted by atomic mass is 10.3. The first-order valence-electron chi connectivity index (χ1n) is 3.44. The molecule has 5 nitrogen and oxygen atoms in total. The van der Waals surface area contributed by atoms with E-state index in [1.165, 1.54) is 24.3 Å². The Labute approximate surface area is 75.9 Å². The second kappa shape index (κ2) is 3.73. The fraction of sp³-hybridized carbons (Fsp3) is 0.143. The summed E-state index contributed by atoms with van der Waals surface area (Å²) in [6.07, 6.45) is 0. The van der Waals surface area contributed by atoms with Crippen LogP contribution in [0.4, 0.5) is 0 Å². The SMILES string of the molecule is NCOc1ccc(S(=O)(=O)O)cc1. The Morgan fingerprint density at radius 3 is 2.23 bits per heavy atom. The molecule has 3 N–H and O–H groups in total. The number of benzene rings is 1. The Morgan fingerprint density at radius 1 is 1.31 bits per heavy atom. The van der Waals surface area contributed by atoms with E-state index in [4.69, 9.17) is 15.0 Å². The predicted molar refractivity (Wildman–Crippen MR) is 45.9 cm³/mol. The summed E-state index contributed by atoms with van der Waals surface area (Å²) in [7, 11) is -4.12. The maximum absolute atomic E-state index is 10.6. The molecule has 0 bridgehead atoms. The van der Waals surface area contributed by atoms with Gasteiger partial charge in [0.25, 0.3) is 10.1 Å². The molecule has 72 valence electrons. The van der Waals surface area contributed by atoms with Gasteiger partial charge in [-0.15, -0.1) is 0 Å². The summed E-state index contributed by atoms with van der Waals surface area (Å²) in [5, 5.41) is 0. The van der Waals surface area contributed by atoms with Crippen LogP contribution in [0.2, 0.25) is 0 Å². The summed E-state index contributed by atoms with van der Waals surface area (Å²) < 4.78 is 34.7. The van der Waals surface area contributed by atoms with Crippen LogP contribution < -0.4 is 10.5 Å². The molecule has 0 spiro atoms. The third kappa shape index (κ3) is 2.69. The van der Waals surface area contributed by atoms with E-state index in [2.05, 4.69) is 0 Å². The van der Waals surface area contributed by atoms with Crippen LogP contribution in [-0.2, 0) is 10.1 Å². The van der Waals surface area contributed by atoms with Gasteiger partial charge in [0.15, 0.2) is 0 Å². The van der Waals surface area contributed by atoms with Crippen LogP contribution in [0.5, 0.6) is 5.75 Å². The van der Waals surface area contributed by atoms with E-state index in [-0.39, 0.29) is 11.6 Å². The molecule has 0 unspecified atom stereocenters. The maximum atomic E-state index is 10.6. The van der Waals surface area contributed by atoms with E-state index in [9.17, 15) is 8.42 Å². The highest BCUT2D eigenvalue weighted by atomic mass is 32.2. The van der Waals surface area contributed by atoms with Crippen molar-refractivity contribution in [3.63, 3.8) is 0 Å². The van der Waals surface area contributed by atoms with Crippen LogP contribution in [0.15, 0.2) is 29.2 Å². The fourth-order valence-electron chi connectivity index (χ4n) is 0.804. The average molecular weight is 203 g/mol. The van der Waals surface area contributed by atoms with Crippen molar-refractivity contribution in [3.05, 3.63) is 24.3 Å². The van der Waals surface area contributed by atoms with Gasteiger partial charge in [-0.2, -0.15) is 8.42 Å². The van der Waals surface area contributed by atoms with Crippen LogP contribution in [0.1, 0.15) is 0 Å². The van der Waals surface area contributed by atoms with Gasteiger partial charge >= 0.3 is 0 Å². The quantitative estimate of drug-likeness (QED) is 0.542. The van der Waals surface area contributed by atoms with Crippen LogP contribution in [0.25, 0.3) is 0 Å². The third-order valence-electron chi connectivity index (χ3n) is 1.37. The zero-order valence-electron chi connectivity index (χ0n) is 6.67. The minimum Gasteiger partial charge on any atom is -0.479 e. The second-order valence-electron chi connectivity index (χ2n) is 2.26. The molecular weight excluding hydrogens is 194 g/mol. The molecule has 0 saturated carbocycles. The molecule has 1 aromatic rings. The summed E-state index contributed by atoms with van der Waals surface area (Å²) >= 11 is 0. The van der Waals surface area contributed by atoms with Crippen LogP contribution in [0.3, 0.4) is 0 Å². The van der Waals surface area contributed by atoms with E-state index in [0.717, 1.165) is 0 Å². The highest BCUT2D eigenvalue weighted by Gasteiger charge is 2.08. The monoisotopic (exact) mass is 203 g/mol. The molecule has 13 heavy (non-hydrogen) atoms. The second-order valence-corrected chi connectivity index (χ2v) is 3.68. The van der Waals surface area contributed by atoms with Gasteiger partial charge in [-0.1, -0.05) is 0 Å². The molecular formula is C7H9NO4S. The van der Waals surface area contributed by atoms with Crippen molar-refractivity contribution in [2.45, 2.75) is 4.90 Å². The molecule has 0 fully saturated rings. The smallest absolute Gasteiger partial charge is 0.294 e. The number of ether oxygens (including phenoxy) is 1. The molecule has 0 saturated heterocycles. The Hall–Kier alpha value is -1.11. The zero-order chi connectivity index (χ0) is 9.90. The molecule has 0 aliphatic heterocycles. The Morgan fingerprint density at radius 2 is 1.85 bits per heavy atom. The lowest BCUT2D eigenvalue weighted by molar-refractivity contribution is 0.329. The zero-order valence-corrected chi connectivity index (χ0v) is 7.49. The lowest BCUT2D eigenvalue weighted by Crippen LogP contribution is -2.07. The molecule has 0 amide bonds. The predicted octanol–water partition coefficient (Wildman–Crippen LogP) is 0.228. The fourth-order valence-corrected chi connectivity index (χ4v) is 1.28. The normalized spacial score (nSPS) is 11.2. The van der Waals surface area contributed by atoms with Crippen LogP contribution >= 0.6 is 0 Å². The first kappa shape index (κ1) is 9.97. The van der Waals surface area contributed by atoms with Gasteiger partial charge in [-0.25, -0.2) is 0 Å². The van der Waals surface area contributed by atoms with Crippen molar-refractivity contribution >= 4 is 10.1 Å². The van der Waals surface area contributed by atoms with Crippen molar-refractivity contribution in [1.82, 2.24) is 0 Å². The molecule has 0 heterocycles. The van der Waals surface area contributed by atoms with Crippen molar-refractivity contribution in [2.24, 2.45) is 5.73 Å². The van der Waals surface area contributed by atoms with Gasteiger partial charge in [0.05, 0.1) is 4.90 Å². The summed E-state index contributed by atoms with van der Waals surface area (Å²) in [4.78, 5) is -0.170. The molecule has 1 aromatic carbocycles. The first-order valence-corrected chi connectivity index (χ1v) is 4.88. The van der Waals surface area contributed by atoms with E-state index in [0.29, 0.717) is 5.75 Å². The molecule has 0 atom stereocenters. The minimum atomic E-state index is -4.12.